The molecule has 0 saturated carbocycles. The van der Waals surface area contributed by atoms with Crippen molar-refractivity contribution in [2.75, 3.05) is 0 Å². The van der Waals surface area contributed by atoms with Crippen LogP contribution in [-0.4, -0.2) is 36.9 Å². The maximum absolute atomic E-state index is 13.3. The van der Waals surface area contributed by atoms with E-state index in [0.717, 1.165) is 22.3 Å². The Balaban J connectivity index is 1.18. The Labute approximate surface area is 264 Å². The molecule has 1 unspecified atom stereocenters. The predicted molar refractivity (Wildman–Crippen MR) is 177 cm³/mol. The zero-order valence-corrected chi connectivity index (χ0v) is 25.7. The second-order valence-electron chi connectivity index (χ2n) is 10.3. The van der Waals surface area contributed by atoms with E-state index in [0.29, 0.717) is 22.9 Å². The maximum Gasteiger partial charge on any atom is 0.322 e. The van der Waals surface area contributed by atoms with E-state index in [4.69, 9.17) is 4.74 Å². The minimum absolute atomic E-state index is 0.129. The standard InChI is InChI=1S/C35H32N2O5S2/c1-24-7-9-28(10-8-24)23-42-30-18-16-29(17-19-30)32(38)20-15-25-11-13-27(14-12-25)22-33-36-35(43)37(44(33)41)31(34(39)40)21-26-5-3-2-4-6-26/h2-20,22,31,35-36,43H,21,23H2,1H3,(H,39,40)/b20-15+,33-22-/t31-,35-,44?/m0/s1. The molecule has 1 fully saturated rings. The topological polar surface area (TPSA) is 95.9 Å². The summed E-state index contributed by atoms with van der Waals surface area (Å²) in [4.78, 5) is 24.8. The molecule has 224 valence electrons. The van der Waals surface area contributed by atoms with Crippen molar-refractivity contribution in [3.05, 3.63) is 148 Å². The Hall–Kier alpha value is -4.44. The lowest BCUT2D eigenvalue weighted by molar-refractivity contribution is -0.141. The number of nitrogens with zero attached hydrogens (tertiary/aromatic N) is 1. The van der Waals surface area contributed by atoms with Gasteiger partial charge in [-0.15, -0.1) is 12.6 Å². The number of ketones is 1. The molecular formula is C35H32N2O5S2. The monoisotopic (exact) mass is 624 g/mol. The molecule has 1 saturated heterocycles. The number of carboxylic acids is 1. The molecule has 0 amide bonds. The van der Waals surface area contributed by atoms with E-state index in [-0.39, 0.29) is 12.2 Å². The molecule has 1 heterocycles. The molecule has 0 bridgehead atoms. The first-order valence-corrected chi connectivity index (χ1v) is 15.6. The van der Waals surface area contributed by atoms with Crippen molar-refractivity contribution < 1.29 is 23.6 Å². The molecule has 2 N–H and O–H groups in total. The van der Waals surface area contributed by atoms with Gasteiger partial charge in [-0.25, -0.2) is 4.21 Å². The van der Waals surface area contributed by atoms with Gasteiger partial charge in [0.2, 0.25) is 0 Å². The molecule has 4 aromatic rings. The number of aliphatic carboxylic acids is 1. The number of aryl methyl sites for hydroxylation is 1. The van der Waals surface area contributed by atoms with Gasteiger partial charge in [0.05, 0.1) is 0 Å². The fourth-order valence-corrected chi connectivity index (χ4v) is 6.59. The summed E-state index contributed by atoms with van der Waals surface area (Å²) in [5, 5.41) is 13.3. The van der Waals surface area contributed by atoms with Crippen LogP contribution in [0, 0.1) is 6.92 Å². The van der Waals surface area contributed by atoms with Crippen molar-refractivity contribution in [3.8, 4) is 5.75 Å². The van der Waals surface area contributed by atoms with Crippen molar-refractivity contribution in [1.29, 1.82) is 0 Å². The molecule has 0 aromatic heterocycles. The quantitative estimate of drug-likeness (QED) is 0.104. The van der Waals surface area contributed by atoms with Crippen LogP contribution in [0.5, 0.6) is 5.75 Å². The van der Waals surface area contributed by atoms with Crippen LogP contribution < -0.4 is 10.1 Å². The average molecular weight is 625 g/mol. The van der Waals surface area contributed by atoms with Gasteiger partial charge in [0.15, 0.2) is 5.78 Å². The van der Waals surface area contributed by atoms with Crippen LogP contribution in [0.15, 0.2) is 114 Å². The number of hydrogen-bond acceptors (Lipinski definition) is 6. The Bertz CT molecular complexity index is 1690. The lowest BCUT2D eigenvalue weighted by Crippen LogP contribution is -2.45. The first kappa shape index (κ1) is 31.0. The maximum atomic E-state index is 13.3. The molecule has 1 aliphatic rings. The predicted octanol–water partition coefficient (Wildman–Crippen LogP) is 6.25. The van der Waals surface area contributed by atoms with Crippen LogP contribution in [0.2, 0.25) is 0 Å². The number of nitrogens with one attached hydrogen (secondary N) is 1. The van der Waals surface area contributed by atoms with Crippen molar-refractivity contribution in [1.82, 2.24) is 9.62 Å². The van der Waals surface area contributed by atoms with Crippen LogP contribution in [0.3, 0.4) is 0 Å². The highest BCUT2D eigenvalue weighted by atomic mass is 32.2. The van der Waals surface area contributed by atoms with Gasteiger partial charge in [-0.3, -0.25) is 9.59 Å². The van der Waals surface area contributed by atoms with E-state index < -0.39 is 28.5 Å². The minimum atomic E-state index is -1.75. The van der Waals surface area contributed by atoms with Gasteiger partial charge < -0.3 is 15.2 Å². The summed E-state index contributed by atoms with van der Waals surface area (Å²) in [6, 6.07) is 30.8. The fourth-order valence-electron chi connectivity index (χ4n) is 4.64. The third kappa shape index (κ3) is 7.93. The van der Waals surface area contributed by atoms with Crippen LogP contribution in [0.25, 0.3) is 12.2 Å². The number of rotatable bonds is 11. The Kier molecular flexibility index (Phi) is 10.1. The van der Waals surface area contributed by atoms with Crippen molar-refractivity contribution in [3.63, 3.8) is 0 Å². The summed E-state index contributed by atoms with van der Waals surface area (Å²) in [5.41, 5.74) is 4.52. The highest BCUT2D eigenvalue weighted by Crippen LogP contribution is 2.27. The number of ether oxygens (including phenoxy) is 1. The number of hydrogen-bond donors (Lipinski definition) is 3. The largest absolute Gasteiger partial charge is 0.489 e. The summed E-state index contributed by atoms with van der Waals surface area (Å²) in [6.45, 7) is 2.50. The van der Waals surface area contributed by atoms with Crippen LogP contribution >= 0.6 is 12.6 Å². The Morgan fingerprint density at radius 3 is 2.25 bits per heavy atom. The molecule has 0 aliphatic carbocycles. The van der Waals surface area contributed by atoms with Gasteiger partial charge in [-0.05, 0) is 72.0 Å². The molecule has 5 rings (SSSR count). The van der Waals surface area contributed by atoms with Gasteiger partial charge in [-0.1, -0.05) is 90.5 Å². The molecule has 9 heteroatoms. The number of benzene rings is 4. The van der Waals surface area contributed by atoms with E-state index in [1.54, 1.807) is 36.4 Å². The third-order valence-electron chi connectivity index (χ3n) is 7.08. The van der Waals surface area contributed by atoms with Gasteiger partial charge in [-0.2, -0.15) is 4.31 Å². The number of allylic oxidation sites excluding steroid dienone is 1. The molecule has 4 aromatic carbocycles. The highest BCUT2D eigenvalue weighted by Gasteiger charge is 2.41. The van der Waals surface area contributed by atoms with E-state index in [1.165, 1.54) is 15.9 Å². The first-order chi connectivity index (χ1) is 21.3. The fraction of sp³-hybridized carbons (Fsp3) is 0.143. The number of carbonyl (C=O) groups excluding carboxylic acids is 1. The summed E-state index contributed by atoms with van der Waals surface area (Å²) in [6.07, 6.45) is 5.16. The second kappa shape index (κ2) is 14.4. The minimum Gasteiger partial charge on any atom is -0.489 e. The summed E-state index contributed by atoms with van der Waals surface area (Å²) in [5.74, 6) is -0.511. The van der Waals surface area contributed by atoms with E-state index in [2.05, 4.69) is 17.9 Å². The SMILES string of the molecule is Cc1ccc(COc2ccc(C(=O)/C=C/c3ccc(/C=C4/N[C@H](S)N([C@@H](Cc5ccccc5)C(=O)O)S4=O)cc3)cc2)cc1. The van der Waals surface area contributed by atoms with Gasteiger partial charge in [0, 0.05) is 5.56 Å². The normalized spacial score (nSPS) is 18.3. The molecule has 3 atom stereocenters. The molecule has 0 radical (unpaired) electrons. The summed E-state index contributed by atoms with van der Waals surface area (Å²) < 4.78 is 20.5. The molecular weight excluding hydrogens is 593 g/mol. The van der Waals surface area contributed by atoms with Crippen LogP contribution in [0.1, 0.15) is 38.2 Å². The van der Waals surface area contributed by atoms with Gasteiger partial charge in [0.1, 0.15) is 39.9 Å². The summed E-state index contributed by atoms with van der Waals surface area (Å²) in [7, 11) is -1.75. The van der Waals surface area contributed by atoms with Gasteiger partial charge >= 0.3 is 5.97 Å². The third-order valence-corrected chi connectivity index (χ3v) is 9.08. The van der Waals surface area contributed by atoms with Crippen LogP contribution in [-0.2, 0) is 28.8 Å². The van der Waals surface area contributed by atoms with E-state index >= 15 is 0 Å². The molecule has 0 spiro atoms. The van der Waals surface area contributed by atoms with Gasteiger partial charge in [0.25, 0.3) is 0 Å². The zero-order valence-electron chi connectivity index (χ0n) is 24.0. The number of carboxylic acid groups (broad SMARTS) is 1. The summed E-state index contributed by atoms with van der Waals surface area (Å²) >= 11 is 4.47. The average Bonchev–Trinajstić information content (AvgIpc) is 3.31. The lowest BCUT2D eigenvalue weighted by Gasteiger charge is -2.24. The highest BCUT2D eigenvalue weighted by molar-refractivity contribution is 7.89. The Morgan fingerprint density at radius 1 is 0.932 bits per heavy atom. The van der Waals surface area contributed by atoms with Crippen molar-refractivity contribution in [2.45, 2.75) is 31.5 Å². The molecule has 44 heavy (non-hydrogen) atoms. The van der Waals surface area contributed by atoms with Crippen molar-refractivity contribution in [2.24, 2.45) is 0 Å². The van der Waals surface area contributed by atoms with E-state index in [1.807, 2.05) is 85.8 Å². The smallest absolute Gasteiger partial charge is 0.322 e. The molecule has 1 aliphatic heterocycles. The lowest BCUT2D eigenvalue weighted by atomic mass is 10.1. The number of carbonyl (C=O) groups is 2. The number of thiol groups is 1. The van der Waals surface area contributed by atoms with Crippen molar-refractivity contribution >= 4 is 47.5 Å². The zero-order chi connectivity index (χ0) is 31.1. The first-order valence-electron chi connectivity index (χ1n) is 14.0. The second-order valence-corrected chi connectivity index (χ2v) is 12.2. The van der Waals surface area contributed by atoms with Crippen LogP contribution in [0.4, 0.5) is 0 Å². The van der Waals surface area contributed by atoms with E-state index in [9.17, 15) is 18.9 Å². The molecule has 7 nitrogen and oxygen atoms in total. The Morgan fingerprint density at radius 2 is 1.59 bits per heavy atom.